The minimum atomic E-state index is 0.166. The Kier molecular flexibility index (Phi) is 6.08. The van der Waals surface area contributed by atoms with Crippen LogP contribution in [0, 0.1) is 5.92 Å². The molecule has 0 aliphatic carbocycles. The van der Waals surface area contributed by atoms with Crippen LogP contribution in [0.25, 0.3) is 0 Å². The van der Waals surface area contributed by atoms with E-state index in [2.05, 4.69) is 13.8 Å². The number of thiocarbonyl (C=S) groups is 1. The van der Waals surface area contributed by atoms with E-state index >= 15 is 0 Å². The average Bonchev–Trinajstić information content (AvgIpc) is 2.60. The quantitative estimate of drug-likeness (QED) is 0.438. The zero-order valence-corrected chi connectivity index (χ0v) is 12.1. The van der Waals surface area contributed by atoms with Crippen molar-refractivity contribution >= 4 is 45.8 Å². The van der Waals surface area contributed by atoms with Crippen LogP contribution in [0.4, 0.5) is 0 Å². The van der Waals surface area contributed by atoms with Crippen LogP contribution in [0.5, 0.6) is 0 Å². The van der Waals surface area contributed by atoms with E-state index in [1.165, 1.54) is 0 Å². The topological polar surface area (TPSA) is 20.3 Å². The monoisotopic (exact) mass is 279 g/mol. The number of carbonyl (C=O) groups excluding carboxylic acids is 1. The number of thioether (sulfide) groups is 1. The standard InChI is InChI=1S/C11H18ClNOS2/c1-8(2)9-7-16-11(15)13(9)10(14)5-3-4-6-12/h8-9H,3-7H2,1-2H3/t9-/m0/s1. The fraction of sp³-hybridized carbons (Fsp3) is 0.818. The van der Waals surface area contributed by atoms with Gasteiger partial charge in [-0.2, -0.15) is 0 Å². The number of nitrogens with zero attached hydrogens (tertiary/aromatic N) is 1. The van der Waals surface area contributed by atoms with Crippen molar-refractivity contribution in [3.8, 4) is 0 Å². The van der Waals surface area contributed by atoms with E-state index in [9.17, 15) is 4.79 Å². The lowest BCUT2D eigenvalue weighted by Gasteiger charge is -2.26. The highest BCUT2D eigenvalue weighted by molar-refractivity contribution is 8.23. The molecule has 1 heterocycles. The van der Waals surface area contributed by atoms with Crippen molar-refractivity contribution in [2.75, 3.05) is 11.6 Å². The fourth-order valence-corrected chi connectivity index (χ4v) is 3.56. The Morgan fingerprint density at radius 3 is 2.88 bits per heavy atom. The number of carbonyl (C=O) groups is 1. The minimum Gasteiger partial charge on any atom is -0.294 e. The number of halogens is 1. The summed E-state index contributed by atoms with van der Waals surface area (Å²) in [5, 5.41) is 0. The molecule has 0 aromatic rings. The summed E-state index contributed by atoms with van der Waals surface area (Å²) in [5.41, 5.74) is 0. The molecule has 0 aromatic carbocycles. The summed E-state index contributed by atoms with van der Waals surface area (Å²) < 4.78 is 0.745. The number of rotatable bonds is 5. The molecule has 16 heavy (non-hydrogen) atoms. The number of alkyl halides is 1. The van der Waals surface area contributed by atoms with E-state index < -0.39 is 0 Å². The molecule has 0 N–H and O–H groups in total. The van der Waals surface area contributed by atoms with E-state index in [0.29, 0.717) is 18.2 Å². The van der Waals surface area contributed by atoms with E-state index in [1.54, 1.807) is 11.8 Å². The summed E-state index contributed by atoms with van der Waals surface area (Å²) in [6.07, 6.45) is 2.32. The van der Waals surface area contributed by atoms with Gasteiger partial charge in [0.05, 0.1) is 0 Å². The van der Waals surface area contributed by atoms with Gasteiger partial charge < -0.3 is 0 Å². The Morgan fingerprint density at radius 1 is 1.62 bits per heavy atom. The Labute approximate surface area is 112 Å². The summed E-state index contributed by atoms with van der Waals surface area (Å²) in [6.45, 7) is 4.27. The van der Waals surface area contributed by atoms with Gasteiger partial charge >= 0.3 is 0 Å². The molecule has 0 radical (unpaired) electrons. The van der Waals surface area contributed by atoms with Gasteiger partial charge in [-0.15, -0.1) is 11.6 Å². The smallest absolute Gasteiger partial charge is 0.228 e. The molecular formula is C11H18ClNOS2. The van der Waals surface area contributed by atoms with Gasteiger partial charge in [0.15, 0.2) is 0 Å². The third-order valence-electron chi connectivity index (χ3n) is 2.72. The molecule has 0 bridgehead atoms. The Morgan fingerprint density at radius 2 is 2.31 bits per heavy atom. The molecule has 1 fully saturated rings. The van der Waals surface area contributed by atoms with Gasteiger partial charge in [0.1, 0.15) is 4.32 Å². The summed E-state index contributed by atoms with van der Waals surface area (Å²) in [7, 11) is 0. The molecule has 1 rings (SSSR count). The van der Waals surface area contributed by atoms with E-state index in [1.807, 2.05) is 4.90 Å². The van der Waals surface area contributed by atoms with Crippen LogP contribution in [0.3, 0.4) is 0 Å². The molecule has 1 amide bonds. The van der Waals surface area contributed by atoms with Gasteiger partial charge in [-0.3, -0.25) is 9.69 Å². The largest absolute Gasteiger partial charge is 0.294 e. The number of hydrogen-bond donors (Lipinski definition) is 0. The molecule has 0 saturated carbocycles. The van der Waals surface area contributed by atoms with Crippen LogP contribution >= 0.6 is 35.6 Å². The van der Waals surface area contributed by atoms with Crippen LogP contribution in [-0.2, 0) is 4.79 Å². The lowest BCUT2D eigenvalue weighted by molar-refractivity contribution is -0.128. The SMILES string of the molecule is CC(C)[C@@H]1CSC(=S)N1C(=O)CCCCCl. The maximum absolute atomic E-state index is 12.0. The van der Waals surface area contributed by atoms with Crippen molar-refractivity contribution in [3.05, 3.63) is 0 Å². The second-order valence-electron chi connectivity index (χ2n) is 4.30. The normalized spacial score (nSPS) is 20.9. The summed E-state index contributed by atoms with van der Waals surface area (Å²) in [5.74, 6) is 2.20. The van der Waals surface area contributed by atoms with Crippen molar-refractivity contribution in [3.63, 3.8) is 0 Å². The van der Waals surface area contributed by atoms with Crippen molar-refractivity contribution in [2.24, 2.45) is 5.92 Å². The highest BCUT2D eigenvalue weighted by Gasteiger charge is 2.34. The van der Waals surface area contributed by atoms with Crippen molar-refractivity contribution in [2.45, 2.75) is 39.2 Å². The second-order valence-corrected chi connectivity index (χ2v) is 6.33. The first kappa shape index (κ1) is 14.3. The first-order valence-electron chi connectivity index (χ1n) is 5.62. The molecule has 92 valence electrons. The number of unbranched alkanes of at least 4 members (excludes halogenated alkanes) is 1. The van der Waals surface area contributed by atoms with Gasteiger partial charge in [0, 0.05) is 24.1 Å². The highest BCUT2D eigenvalue weighted by atomic mass is 35.5. The molecular weight excluding hydrogens is 262 g/mol. The minimum absolute atomic E-state index is 0.166. The molecule has 1 aliphatic rings. The van der Waals surface area contributed by atoms with Crippen molar-refractivity contribution in [1.82, 2.24) is 4.90 Å². The highest BCUT2D eigenvalue weighted by Crippen LogP contribution is 2.29. The lowest BCUT2D eigenvalue weighted by atomic mass is 10.0. The zero-order valence-electron chi connectivity index (χ0n) is 9.74. The summed E-state index contributed by atoms with van der Waals surface area (Å²) in [6, 6.07) is 0.279. The lowest BCUT2D eigenvalue weighted by Crippen LogP contribution is -2.41. The summed E-state index contributed by atoms with van der Waals surface area (Å²) in [4.78, 5) is 13.8. The van der Waals surface area contributed by atoms with Gasteiger partial charge in [-0.05, 0) is 18.8 Å². The molecule has 0 unspecified atom stereocenters. The predicted molar refractivity (Wildman–Crippen MR) is 75.1 cm³/mol. The van der Waals surface area contributed by atoms with Crippen LogP contribution in [-0.4, -0.2) is 32.8 Å². The van der Waals surface area contributed by atoms with Gasteiger partial charge in [0.25, 0.3) is 0 Å². The van der Waals surface area contributed by atoms with Crippen molar-refractivity contribution < 1.29 is 4.79 Å². The van der Waals surface area contributed by atoms with Crippen LogP contribution in [0.15, 0.2) is 0 Å². The van der Waals surface area contributed by atoms with Crippen molar-refractivity contribution in [1.29, 1.82) is 0 Å². The molecule has 1 atom stereocenters. The maximum atomic E-state index is 12.0. The van der Waals surface area contributed by atoms with Gasteiger partial charge in [-0.25, -0.2) is 0 Å². The first-order valence-corrected chi connectivity index (χ1v) is 7.55. The van der Waals surface area contributed by atoms with Gasteiger partial charge in [-0.1, -0.05) is 37.8 Å². The van der Waals surface area contributed by atoms with Crippen LogP contribution in [0.2, 0.25) is 0 Å². The van der Waals surface area contributed by atoms with E-state index in [4.69, 9.17) is 23.8 Å². The second kappa shape index (κ2) is 6.82. The average molecular weight is 280 g/mol. The number of amides is 1. The Balaban J connectivity index is 2.54. The molecule has 0 aromatic heterocycles. The van der Waals surface area contributed by atoms with Crippen LogP contribution < -0.4 is 0 Å². The molecule has 1 aliphatic heterocycles. The van der Waals surface area contributed by atoms with E-state index in [0.717, 1.165) is 22.9 Å². The van der Waals surface area contributed by atoms with E-state index in [-0.39, 0.29) is 11.9 Å². The Bertz CT molecular complexity index is 271. The predicted octanol–water partition coefficient (Wildman–Crippen LogP) is 3.28. The molecule has 5 heteroatoms. The summed E-state index contributed by atoms with van der Waals surface area (Å²) >= 11 is 12.5. The Hall–Kier alpha value is 0.200. The zero-order chi connectivity index (χ0) is 12.1. The maximum Gasteiger partial charge on any atom is 0.228 e. The van der Waals surface area contributed by atoms with Crippen LogP contribution in [0.1, 0.15) is 33.1 Å². The van der Waals surface area contributed by atoms with Gasteiger partial charge in [0.2, 0.25) is 5.91 Å². The molecule has 2 nitrogen and oxygen atoms in total. The number of hydrogen-bond acceptors (Lipinski definition) is 3. The fourth-order valence-electron chi connectivity index (χ4n) is 1.70. The first-order chi connectivity index (χ1) is 7.57. The molecule has 1 saturated heterocycles. The molecule has 0 spiro atoms. The third kappa shape index (κ3) is 3.60. The third-order valence-corrected chi connectivity index (χ3v) is 4.49.